The molecule has 0 aliphatic carbocycles. The minimum atomic E-state index is 0.660. The van der Waals surface area contributed by atoms with Crippen LogP contribution in [-0.2, 0) is 0 Å². The van der Waals surface area contributed by atoms with Gasteiger partial charge in [0.2, 0.25) is 5.88 Å². The predicted molar refractivity (Wildman–Crippen MR) is 43.7 cm³/mol. The molecule has 0 aliphatic rings. The molecule has 0 fully saturated rings. The van der Waals surface area contributed by atoms with Crippen molar-refractivity contribution in [3.8, 4) is 5.88 Å². The molecule has 0 spiro atoms. The number of rotatable bonds is 4. The molecule has 1 rings (SSSR count). The van der Waals surface area contributed by atoms with Gasteiger partial charge in [0.15, 0.2) is 0 Å². The fraction of sp³-hybridized carbons (Fsp3) is 0.375. The minimum absolute atomic E-state index is 0.660. The van der Waals surface area contributed by atoms with Gasteiger partial charge in [-0.25, -0.2) is 4.98 Å². The van der Waals surface area contributed by atoms with E-state index in [1.165, 1.54) is 0 Å². The van der Waals surface area contributed by atoms with E-state index in [-0.39, 0.29) is 0 Å². The molecular formula is C8H12N2O. The number of ether oxygens (including phenoxy) is 1. The molecule has 0 unspecified atom stereocenters. The van der Waals surface area contributed by atoms with Gasteiger partial charge in [0.25, 0.3) is 0 Å². The molecule has 60 valence electrons. The van der Waals surface area contributed by atoms with E-state index in [1.807, 2.05) is 25.2 Å². The van der Waals surface area contributed by atoms with Gasteiger partial charge in [-0.1, -0.05) is 6.07 Å². The minimum Gasteiger partial charge on any atom is -0.476 e. The molecular weight excluding hydrogens is 140 g/mol. The normalized spacial score (nSPS) is 9.55. The first-order valence-corrected chi connectivity index (χ1v) is 3.62. The van der Waals surface area contributed by atoms with Gasteiger partial charge in [0, 0.05) is 18.8 Å². The average Bonchev–Trinajstić information content (AvgIpc) is 2.07. The zero-order chi connectivity index (χ0) is 7.94. The van der Waals surface area contributed by atoms with Crippen LogP contribution in [0.1, 0.15) is 0 Å². The van der Waals surface area contributed by atoms with E-state index >= 15 is 0 Å². The highest BCUT2D eigenvalue weighted by molar-refractivity contribution is 5.08. The van der Waals surface area contributed by atoms with E-state index < -0.39 is 0 Å². The van der Waals surface area contributed by atoms with Crippen LogP contribution in [0.15, 0.2) is 24.4 Å². The van der Waals surface area contributed by atoms with Crippen molar-refractivity contribution in [3.05, 3.63) is 24.4 Å². The highest BCUT2D eigenvalue weighted by atomic mass is 16.5. The van der Waals surface area contributed by atoms with E-state index in [9.17, 15) is 0 Å². The fourth-order valence-electron chi connectivity index (χ4n) is 0.690. The summed E-state index contributed by atoms with van der Waals surface area (Å²) in [6.07, 6.45) is 1.72. The Bertz CT molecular complexity index is 189. The third-order valence-electron chi connectivity index (χ3n) is 1.24. The van der Waals surface area contributed by atoms with Gasteiger partial charge < -0.3 is 10.1 Å². The molecule has 0 radical (unpaired) electrons. The maximum atomic E-state index is 5.27. The molecule has 1 aromatic heterocycles. The fourth-order valence-corrected chi connectivity index (χ4v) is 0.690. The van der Waals surface area contributed by atoms with Gasteiger partial charge in [0.1, 0.15) is 6.61 Å². The van der Waals surface area contributed by atoms with Crippen molar-refractivity contribution in [1.82, 2.24) is 10.3 Å². The third kappa shape index (κ3) is 3.00. The van der Waals surface area contributed by atoms with Crippen LogP contribution in [-0.4, -0.2) is 25.2 Å². The highest BCUT2D eigenvalue weighted by Crippen LogP contribution is 2.01. The van der Waals surface area contributed by atoms with Crippen molar-refractivity contribution in [1.29, 1.82) is 0 Å². The lowest BCUT2D eigenvalue weighted by atomic mass is 10.5. The number of nitrogens with zero attached hydrogens (tertiary/aromatic N) is 1. The van der Waals surface area contributed by atoms with Crippen LogP contribution in [0, 0.1) is 0 Å². The first-order valence-electron chi connectivity index (χ1n) is 3.62. The molecule has 0 saturated carbocycles. The topological polar surface area (TPSA) is 34.1 Å². The molecule has 1 aromatic rings. The summed E-state index contributed by atoms with van der Waals surface area (Å²) in [4.78, 5) is 4.00. The lowest BCUT2D eigenvalue weighted by molar-refractivity contribution is 0.306. The molecule has 0 bridgehead atoms. The largest absolute Gasteiger partial charge is 0.476 e. The Hall–Kier alpha value is -1.09. The maximum absolute atomic E-state index is 5.27. The molecule has 1 N–H and O–H groups in total. The number of hydrogen-bond acceptors (Lipinski definition) is 3. The van der Waals surface area contributed by atoms with Gasteiger partial charge >= 0.3 is 0 Å². The summed E-state index contributed by atoms with van der Waals surface area (Å²) < 4.78 is 5.27. The number of likely N-dealkylation sites (N-methyl/N-ethyl adjacent to an activating group) is 1. The summed E-state index contributed by atoms with van der Waals surface area (Å²) in [5.41, 5.74) is 0. The van der Waals surface area contributed by atoms with Crippen molar-refractivity contribution in [2.24, 2.45) is 0 Å². The number of nitrogens with one attached hydrogen (secondary N) is 1. The molecule has 11 heavy (non-hydrogen) atoms. The van der Waals surface area contributed by atoms with Gasteiger partial charge in [-0.05, 0) is 13.1 Å². The van der Waals surface area contributed by atoms with E-state index in [4.69, 9.17) is 4.74 Å². The van der Waals surface area contributed by atoms with Crippen molar-refractivity contribution >= 4 is 0 Å². The van der Waals surface area contributed by atoms with Gasteiger partial charge in [-0.2, -0.15) is 0 Å². The van der Waals surface area contributed by atoms with E-state index in [2.05, 4.69) is 10.3 Å². The Morgan fingerprint density at radius 3 is 3.09 bits per heavy atom. The summed E-state index contributed by atoms with van der Waals surface area (Å²) in [5, 5.41) is 2.99. The Labute approximate surface area is 66.4 Å². The average molecular weight is 152 g/mol. The number of hydrogen-bond donors (Lipinski definition) is 1. The standard InChI is InChI=1S/C8H12N2O/c1-9-6-7-11-8-4-2-3-5-10-8/h2-5,9H,6-7H2,1H3. The third-order valence-corrected chi connectivity index (χ3v) is 1.24. The van der Waals surface area contributed by atoms with Crippen molar-refractivity contribution in [3.63, 3.8) is 0 Å². The number of pyridine rings is 1. The summed E-state index contributed by atoms with van der Waals surface area (Å²) in [5.74, 6) is 0.683. The van der Waals surface area contributed by atoms with Gasteiger partial charge in [0.05, 0.1) is 0 Å². The second kappa shape index (κ2) is 4.68. The quantitative estimate of drug-likeness (QED) is 0.644. The molecule has 0 saturated heterocycles. The molecule has 0 aromatic carbocycles. The zero-order valence-electron chi connectivity index (χ0n) is 6.58. The van der Waals surface area contributed by atoms with Crippen LogP contribution in [0.25, 0.3) is 0 Å². The maximum Gasteiger partial charge on any atom is 0.213 e. The Balaban J connectivity index is 2.28. The monoisotopic (exact) mass is 152 g/mol. The summed E-state index contributed by atoms with van der Waals surface area (Å²) in [6.45, 7) is 1.50. The highest BCUT2D eigenvalue weighted by Gasteiger charge is 1.89. The first-order chi connectivity index (χ1) is 5.43. The second-order valence-corrected chi connectivity index (χ2v) is 2.12. The predicted octanol–water partition coefficient (Wildman–Crippen LogP) is 0.680. The zero-order valence-corrected chi connectivity index (χ0v) is 6.58. The van der Waals surface area contributed by atoms with E-state index in [0.29, 0.717) is 12.5 Å². The van der Waals surface area contributed by atoms with Crippen LogP contribution in [0.3, 0.4) is 0 Å². The molecule has 3 heteroatoms. The number of aromatic nitrogens is 1. The molecule has 0 atom stereocenters. The SMILES string of the molecule is CNCCOc1ccccn1. The van der Waals surface area contributed by atoms with Crippen molar-refractivity contribution in [2.75, 3.05) is 20.2 Å². The molecule has 0 amide bonds. The van der Waals surface area contributed by atoms with Gasteiger partial charge in [-0.3, -0.25) is 0 Å². The van der Waals surface area contributed by atoms with Crippen LogP contribution >= 0.6 is 0 Å². The summed E-state index contributed by atoms with van der Waals surface area (Å²) in [7, 11) is 1.89. The Kier molecular flexibility index (Phi) is 3.41. The van der Waals surface area contributed by atoms with Crippen molar-refractivity contribution in [2.45, 2.75) is 0 Å². The van der Waals surface area contributed by atoms with Crippen LogP contribution in [0.4, 0.5) is 0 Å². The lowest BCUT2D eigenvalue weighted by Gasteiger charge is -2.02. The molecule has 1 heterocycles. The Morgan fingerprint density at radius 1 is 1.55 bits per heavy atom. The van der Waals surface area contributed by atoms with Crippen LogP contribution < -0.4 is 10.1 Å². The summed E-state index contributed by atoms with van der Waals surface area (Å²) >= 11 is 0. The van der Waals surface area contributed by atoms with E-state index in [1.54, 1.807) is 6.20 Å². The van der Waals surface area contributed by atoms with Crippen LogP contribution in [0.2, 0.25) is 0 Å². The molecule has 3 nitrogen and oxygen atoms in total. The lowest BCUT2D eigenvalue weighted by Crippen LogP contribution is -2.16. The Morgan fingerprint density at radius 2 is 2.45 bits per heavy atom. The van der Waals surface area contributed by atoms with Gasteiger partial charge in [-0.15, -0.1) is 0 Å². The molecule has 0 aliphatic heterocycles. The summed E-state index contributed by atoms with van der Waals surface area (Å²) in [6, 6.07) is 5.61. The van der Waals surface area contributed by atoms with Crippen molar-refractivity contribution < 1.29 is 4.74 Å². The van der Waals surface area contributed by atoms with Crippen LogP contribution in [0.5, 0.6) is 5.88 Å². The second-order valence-electron chi connectivity index (χ2n) is 2.12. The van der Waals surface area contributed by atoms with E-state index in [0.717, 1.165) is 6.54 Å². The smallest absolute Gasteiger partial charge is 0.213 e. The first kappa shape index (κ1) is 8.01.